The standard InChI is InChI=1S/C25H31N3O5S/c1-17-6-3-9-22(18(17)2)26-25(30)16-28(15-20-8-5-13-33-20)34(31,32)21-11-12-23-19(14-21)7-4-10-24(29)27-23/h3,6,9,11-12,14,20H,4-5,7-8,10,13,15-16H2,1-2H3,(H,26,30)(H,27,29)/t20-/m1/s1. The van der Waals surface area contributed by atoms with Crippen LogP contribution in [0.3, 0.4) is 0 Å². The lowest BCUT2D eigenvalue weighted by Gasteiger charge is -2.25. The number of anilines is 2. The lowest BCUT2D eigenvalue weighted by atomic mass is 10.1. The zero-order chi connectivity index (χ0) is 24.3. The van der Waals surface area contributed by atoms with Gasteiger partial charge < -0.3 is 15.4 Å². The number of amides is 2. The molecule has 0 aliphatic carbocycles. The number of benzene rings is 2. The molecular formula is C25H31N3O5S. The van der Waals surface area contributed by atoms with E-state index < -0.39 is 15.9 Å². The molecule has 34 heavy (non-hydrogen) atoms. The smallest absolute Gasteiger partial charge is 0.243 e. The first-order valence-electron chi connectivity index (χ1n) is 11.6. The van der Waals surface area contributed by atoms with Gasteiger partial charge in [-0.3, -0.25) is 9.59 Å². The molecule has 2 aromatic carbocycles. The highest BCUT2D eigenvalue weighted by Crippen LogP contribution is 2.28. The van der Waals surface area contributed by atoms with Gasteiger partial charge in [0.05, 0.1) is 17.5 Å². The van der Waals surface area contributed by atoms with E-state index in [0.717, 1.165) is 29.5 Å². The monoisotopic (exact) mass is 485 g/mol. The molecule has 8 nitrogen and oxygen atoms in total. The molecule has 1 atom stereocenters. The molecule has 1 fully saturated rings. The summed E-state index contributed by atoms with van der Waals surface area (Å²) < 4.78 is 34.2. The summed E-state index contributed by atoms with van der Waals surface area (Å²) in [6.07, 6.45) is 3.03. The topological polar surface area (TPSA) is 105 Å². The summed E-state index contributed by atoms with van der Waals surface area (Å²) in [4.78, 5) is 24.9. The molecule has 0 bridgehead atoms. The number of hydrogen-bond acceptors (Lipinski definition) is 5. The fourth-order valence-corrected chi connectivity index (χ4v) is 5.84. The van der Waals surface area contributed by atoms with Crippen molar-refractivity contribution >= 4 is 33.2 Å². The minimum Gasteiger partial charge on any atom is -0.377 e. The Morgan fingerprint density at radius 1 is 1.18 bits per heavy atom. The fraction of sp³-hybridized carbons (Fsp3) is 0.440. The number of nitrogens with zero attached hydrogens (tertiary/aromatic N) is 1. The maximum atomic E-state index is 13.7. The van der Waals surface area contributed by atoms with Crippen LogP contribution in [0.4, 0.5) is 11.4 Å². The summed E-state index contributed by atoms with van der Waals surface area (Å²) in [5.74, 6) is -0.477. The van der Waals surface area contributed by atoms with E-state index >= 15 is 0 Å². The molecule has 2 aromatic rings. The first-order valence-corrected chi connectivity index (χ1v) is 13.1. The van der Waals surface area contributed by atoms with Gasteiger partial charge in [0.2, 0.25) is 21.8 Å². The number of nitrogens with one attached hydrogen (secondary N) is 2. The number of carbonyl (C=O) groups excluding carboxylic acids is 2. The van der Waals surface area contributed by atoms with Gasteiger partial charge in [0.25, 0.3) is 0 Å². The third kappa shape index (κ3) is 5.48. The molecule has 0 spiro atoms. The highest BCUT2D eigenvalue weighted by molar-refractivity contribution is 7.89. The maximum absolute atomic E-state index is 13.7. The Labute approximate surface area is 200 Å². The van der Waals surface area contributed by atoms with Crippen LogP contribution in [0.15, 0.2) is 41.3 Å². The number of fused-ring (bicyclic) bond motifs is 1. The molecule has 1 saturated heterocycles. The van der Waals surface area contributed by atoms with Crippen LogP contribution < -0.4 is 10.6 Å². The average molecular weight is 486 g/mol. The van der Waals surface area contributed by atoms with E-state index in [1.54, 1.807) is 18.2 Å². The SMILES string of the molecule is Cc1cccc(NC(=O)CN(C[C@H]2CCCO2)S(=O)(=O)c2ccc3c(c2)CCCC(=O)N3)c1C. The van der Waals surface area contributed by atoms with E-state index in [1.165, 1.54) is 10.4 Å². The van der Waals surface area contributed by atoms with Crippen molar-refractivity contribution in [3.63, 3.8) is 0 Å². The van der Waals surface area contributed by atoms with E-state index in [4.69, 9.17) is 4.74 Å². The Hall–Kier alpha value is -2.75. The van der Waals surface area contributed by atoms with Crippen molar-refractivity contribution in [1.29, 1.82) is 0 Å². The van der Waals surface area contributed by atoms with Crippen LogP contribution in [-0.4, -0.2) is 50.3 Å². The van der Waals surface area contributed by atoms with Gasteiger partial charge in [-0.05, 0) is 80.5 Å². The fourth-order valence-electron chi connectivity index (χ4n) is 4.36. The number of aryl methyl sites for hydroxylation is 2. The zero-order valence-electron chi connectivity index (χ0n) is 19.6. The highest BCUT2D eigenvalue weighted by Gasteiger charge is 2.31. The first-order chi connectivity index (χ1) is 16.2. The Morgan fingerprint density at radius 3 is 2.76 bits per heavy atom. The normalized spacial score (nSPS) is 18.3. The molecule has 9 heteroatoms. The molecule has 0 aromatic heterocycles. The summed E-state index contributed by atoms with van der Waals surface area (Å²) in [6, 6.07) is 10.4. The molecule has 0 saturated carbocycles. The Bertz CT molecular complexity index is 1190. The minimum atomic E-state index is -3.97. The Morgan fingerprint density at radius 2 is 2.00 bits per heavy atom. The lowest BCUT2D eigenvalue weighted by molar-refractivity contribution is -0.117. The van der Waals surface area contributed by atoms with Gasteiger partial charge in [-0.1, -0.05) is 12.1 Å². The molecule has 2 N–H and O–H groups in total. The predicted octanol–water partition coefficient (Wildman–Crippen LogP) is 3.39. The van der Waals surface area contributed by atoms with Gasteiger partial charge in [0, 0.05) is 30.9 Å². The van der Waals surface area contributed by atoms with Gasteiger partial charge in [-0.25, -0.2) is 8.42 Å². The van der Waals surface area contributed by atoms with Crippen LogP contribution >= 0.6 is 0 Å². The van der Waals surface area contributed by atoms with Gasteiger partial charge in [0.15, 0.2) is 0 Å². The van der Waals surface area contributed by atoms with Crippen LogP contribution in [0.1, 0.15) is 42.4 Å². The molecule has 2 aliphatic rings. The zero-order valence-corrected chi connectivity index (χ0v) is 20.4. The number of sulfonamides is 1. The molecule has 2 amide bonds. The van der Waals surface area contributed by atoms with E-state index in [1.807, 2.05) is 26.0 Å². The third-order valence-corrected chi connectivity index (χ3v) is 8.28. The van der Waals surface area contributed by atoms with Gasteiger partial charge in [-0.2, -0.15) is 4.31 Å². The van der Waals surface area contributed by atoms with Gasteiger partial charge in [-0.15, -0.1) is 0 Å². The van der Waals surface area contributed by atoms with Gasteiger partial charge in [0.1, 0.15) is 0 Å². The van der Waals surface area contributed by atoms with Crippen molar-refractivity contribution in [2.45, 2.75) is 57.0 Å². The molecular weight excluding hydrogens is 454 g/mol. The van der Waals surface area contributed by atoms with Crippen LogP contribution in [0.5, 0.6) is 0 Å². The number of carbonyl (C=O) groups is 2. The predicted molar refractivity (Wildman–Crippen MR) is 130 cm³/mol. The van der Waals surface area contributed by atoms with Crippen molar-refractivity contribution in [2.75, 3.05) is 30.3 Å². The summed E-state index contributed by atoms with van der Waals surface area (Å²) >= 11 is 0. The van der Waals surface area contributed by atoms with Crippen LogP contribution in [-0.2, 0) is 30.8 Å². The van der Waals surface area contributed by atoms with Crippen molar-refractivity contribution < 1.29 is 22.7 Å². The van der Waals surface area contributed by atoms with E-state index in [-0.39, 0.29) is 30.0 Å². The van der Waals surface area contributed by atoms with Crippen molar-refractivity contribution in [2.24, 2.45) is 0 Å². The minimum absolute atomic E-state index is 0.0718. The average Bonchev–Trinajstić information content (AvgIpc) is 3.23. The number of rotatable bonds is 7. The molecule has 4 rings (SSSR count). The summed E-state index contributed by atoms with van der Waals surface area (Å²) in [7, 11) is -3.97. The second kappa shape index (κ2) is 10.2. The summed E-state index contributed by atoms with van der Waals surface area (Å²) in [6.45, 7) is 4.26. The number of ether oxygens (including phenoxy) is 1. The van der Waals surface area contributed by atoms with Crippen LogP contribution in [0, 0.1) is 13.8 Å². The third-order valence-electron chi connectivity index (χ3n) is 6.47. The van der Waals surface area contributed by atoms with E-state index in [0.29, 0.717) is 37.2 Å². The largest absolute Gasteiger partial charge is 0.377 e. The second-order valence-electron chi connectivity index (χ2n) is 8.95. The molecule has 0 radical (unpaired) electrons. The molecule has 2 heterocycles. The summed E-state index contributed by atoms with van der Waals surface area (Å²) in [5.41, 5.74) is 4.07. The van der Waals surface area contributed by atoms with Crippen molar-refractivity contribution in [3.05, 3.63) is 53.1 Å². The summed E-state index contributed by atoms with van der Waals surface area (Å²) in [5, 5.41) is 5.69. The Balaban J connectivity index is 1.59. The van der Waals surface area contributed by atoms with Crippen molar-refractivity contribution in [3.8, 4) is 0 Å². The van der Waals surface area contributed by atoms with Crippen molar-refractivity contribution in [1.82, 2.24) is 4.31 Å². The molecule has 0 unspecified atom stereocenters. The van der Waals surface area contributed by atoms with Gasteiger partial charge >= 0.3 is 0 Å². The maximum Gasteiger partial charge on any atom is 0.243 e. The lowest BCUT2D eigenvalue weighted by Crippen LogP contribution is -2.42. The second-order valence-corrected chi connectivity index (χ2v) is 10.9. The van der Waals surface area contributed by atoms with Crippen LogP contribution in [0.25, 0.3) is 0 Å². The Kier molecular flexibility index (Phi) is 7.35. The van der Waals surface area contributed by atoms with E-state index in [9.17, 15) is 18.0 Å². The highest BCUT2D eigenvalue weighted by atomic mass is 32.2. The first kappa shape index (κ1) is 24.4. The molecule has 2 aliphatic heterocycles. The number of hydrogen-bond donors (Lipinski definition) is 2. The molecule has 182 valence electrons. The quantitative estimate of drug-likeness (QED) is 0.626. The van der Waals surface area contributed by atoms with Crippen LogP contribution in [0.2, 0.25) is 0 Å². The van der Waals surface area contributed by atoms with E-state index in [2.05, 4.69) is 10.6 Å².